The Kier molecular flexibility index (Phi) is 4.29. The Bertz CT molecular complexity index is 918. The fourth-order valence-corrected chi connectivity index (χ4v) is 2.56. The van der Waals surface area contributed by atoms with Gasteiger partial charge in [0.2, 0.25) is 5.91 Å². The van der Waals surface area contributed by atoms with E-state index in [2.05, 4.69) is 5.32 Å². The number of hydrogen-bond acceptors (Lipinski definition) is 3. The first-order valence-corrected chi connectivity index (χ1v) is 7.30. The van der Waals surface area contributed by atoms with Gasteiger partial charge in [-0.25, -0.2) is 9.18 Å². The van der Waals surface area contributed by atoms with E-state index >= 15 is 0 Å². The van der Waals surface area contributed by atoms with Crippen molar-refractivity contribution in [2.75, 3.05) is 12.4 Å². The molecule has 1 amide bonds. The Balaban J connectivity index is 1.89. The molecule has 0 spiro atoms. The summed E-state index contributed by atoms with van der Waals surface area (Å²) in [4.78, 5) is 24.1. The molecule has 1 N–H and O–H groups in total. The maximum Gasteiger partial charge on any atom is 0.340 e. The van der Waals surface area contributed by atoms with Crippen molar-refractivity contribution in [3.8, 4) is 0 Å². The molecule has 0 unspecified atom stereocenters. The molecule has 0 saturated carbocycles. The largest absolute Gasteiger partial charge is 0.465 e. The molecule has 0 bridgehead atoms. The van der Waals surface area contributed by atoms with Gasteiger partial charge in [-0.1, -0.05) is 30.3 Å². The molecule has 122 valence electrons. The van der Waals surface area contributed by atoms with Crippen LogP contribution in [-0.4, -0.2) is 23.6 Å². The summed E-state index contributed by atoms with van der Waals surface area (Å²) in [6, 6.07) is 13.2. The van der Waals surface area contributed by atoms with Gasteiger partial charge in [-0.2, -0.15) is 0 Å². The van der Waals surface area contributed by atoms with Crippen molar-refractivity contribution in [3.63, 3.8) is 0 Å². The second kappa shape index (κ2) is 6.54. The van der Waals surface area contributed by atoms with Crippen LogP contribution in [0.15, 0.2) is 54.7 Å². The SMILES string of the molecule is COC(=O)c1cn(CC(=O)Nc2ccccc2F)c2ccccc12. The molecule has 6 heteroatoms. The second-order valence-electron chi connectivity index (χ2n) is 5.21. The van der Waals surface area contributed by atoms with E-state index in [-0.39, 0.29) is 12.2 Å². The van der Waals surface area contributed by atoms with Crippen LogP contribution in [0.2, 0.25) is 0 Å². The Morgan fingerprint density at radius 2 is 1.83 bits per heavy atom. The molecule has 3 aromatic rings. The molecule has 2 aromatic carbocycles. The van der Waals surface area contributed by atoms with Gasteiger partial charge >= 0.3 is 5.97 Å². The topological polar surface area (TPSA) is 60.3 Å². The van der Waals surface area contributed by atoms with E-state index in [1.165, 1.54) is 19.2 Å². The molecule has 0 aliphatic rings. The second-order valence-corrected chi connectivity index (χ2v) is 5.21. The molecule has 5 nitrogen and oxygen atoms in total. The van der Waals surface area contributed by atoms with E-state index in [0.717, 1.165) is 5.52 Å². The van der Waals surface area contributed by atoms with Crippen LogP contribution in [-0.2, 0) is 16.1 Å². The van der Waals surface area contributed by atoms with E-state index in [0.29, 0.717) is 10.9 Å². The third kappa shape index (κ3) is 2.99. The molecule has 0 radical (unpaired) electrons. The predicted molar refractivity (Wildman–Crippen MR) is 88.3 cm³/mol. The number of aromatic nitrogens is 1. The van der Waals surface area contributed by atoms with Crippen molar-refractivity contribution in [2.24, 2.45) is 0 Å². The Morgan fingerprint density at radius 3 is 2.58 bits per heavy atom. The lowest BCUT2D eigenvalue weighted by Crippen LogP contribution is -2.19. The van der Waals surface area contributed by atoms with Gasteiger partial charge in [-0.3, -0.25) is 4.79 Å². The van der Waals surface area contributed by atoms with Crippen molar-refractivity contribution in [3.05, 3.63) is 66.1 Å². The van der Waals surface area contributed by atoms with Crippen molar-refractivity contribution >= 4 is 28.5 Å². The van der Waals surface area contributed by atoms with Crippen LogP contribution in [0.3, 0.4) is 0 Å². The van der Waals surface area contributed by atoms with Crippen LogP contribution in [0.4, 0.5) is 10.1 Å². The number of carbonyl (C=O) groups is 2. The highest BCUT2D eigenvalue weighted by Gasteiger charge is 2.16. The zero-order chi connectivity index (χ0) is 17.1. The van der Waals surface area contributed by atoms with Gasteiger partial charge in [0.25, 0.3) is 0 Å². The molecule has 0 fully saturated rings. The number of carbonyl (C=O) groups excluding carboxylic acids is 2. The number of anilines is 1. The zero-order valence-electron chi connectivity index (χ0n) is 13.0. The molecule has 0 atom stereocenters. The Hall–Kier alpha value is -3.15. The van der Waals surface area contributed by atoms with Gasteiger partial charge in [0.15, 0.2) is 0 Å². The van der Waals surface area contributed by atoms with Crippen LogP contribution in [0.25, 0.3) is 10.9 Å². The number of nitrogens with zero attached hydrogens (tertiary/aromatic N) is 1. The van der Waals surface area contributed by atoms with Crippen molar-refractivity contribution in [1.82, 2.24) is 4.57 Å². The summed E-state index contributed by atoms with van der Waals surface area (Å²) in [5, 5.41) is 3.22. The molecule has 0 aliphatic heterocycles. The minimum atomic E-state index is -0.501. The van der Waals surface area contributed by atoms with Crippen LogP contribution in [0, 0.1) is 5.82 Å². The van der Waals surface area contributed by atoms with Crippen LogP contribution >= 0.6 is 0 Å². The zero-order valence-corrected chi connectivity index (χ0v) is 13.0. The average molecular weight is 326 g/mol. The van der Waals surface area contributed by atoms with Crippen molar-refractivity contribution in [2.45, 2.75) is 6.54 Å². The number of fused-ring (bicyclic) bond motifs is 1. The number of methoxy groups -OCH3 is 1. The first-order valence-electron chi connectivity index (χ1n) is 7.30. The smallest absolute Gasteiger partial charge is 0.340 e. The minimum Gasteiger partial charge on any atom is -0.465 e. The van der Waals surface area contributed by atoms with Crippen LogP contribution in [0.5, 0.6) is 0 Å². The van der Waals surface area contributed by atoms with Gasteiger partial charge < -0.3 is 14.6 Å². The van der Waals surface area contributed by atoms with E-state index in [4.69, 9.17) is 4.74 Å². The maximum absolute atomic E-state index is 13.6. The van der Waals surface area contributed by atoms with Crippen LogP contribution in [0.1, 0.15) is 10.4 Å². The highest BCUT2D eigenvalue weighted by atomic mass is 19.1. The summed E-state index contributed by atoms with van der Waals surface area (Å²) in [5.74, 6) is -1.37. The summed E-state index contributed by atoms with van der Waals surface area (Å²) >= 11 is 0. The minimum absolute atomic E-state index is 0.0498. The average Bonchev–Trinajstić information content (AvgIpc) is 2.95. The molecule has 1 aromatic heterocycles. The quantitative estimate of drug-likeness (QED) is 0.749. The predicted octanol–water partition coefficient (Wildman–Crippen LogP) is 3.21. The molecular weight excluding hydrogens is 311 g/mol. The number of esters is 1. The number of benzene rings is 2. The first kappa shape index (κ1) is 15.7. The van der Waals surface area contributed by atoms with Gasteiger partial charge in [-0.05, 0) is 18.2 Å². The van der Waals surface area contributed by atoms with Gasteiger partial charge in [-0.15, -0.1) is 0 Å². The first-order chi connectivity index (χ1) is 11.6. The maximum atomic E-state index is 13.6. The lowest BCUT2D eigenvalue weighted by molar-refractivity contribution is -0.116. The van der Waals surface area contributed by atoms with E-state index in [1.807, 2.05) is 6.07 Å². The highest BCUT2D eigenvalue weighted by molar-refractivity contribution is 6.04. The van der Waals surface area contributed by atoms with E-state index < -0.39 is 17.7 Å². The Labute approximate surface area is 137 Å². The third-order valence-electron chi connectivity index (χ3n) is 3.66. The molecule has 3 rings (SSSR count). The lowest BCUT2D eigenvalue weighted by atomic mass is 10.2. The van der Waals surface area contributed by atoms with Gasteiger partial charge in [0.05, 0.1) is 18.4 Å². The normalized spacial score (nSPS) is 10.6. The van der Waals surface area contributed by atoms with Crippen molar-refractivity contribution < 1.29 is 18.7 Å². The number of para-hydroxylation sites is 2. The summed E-state index contributed by atoms with van der Waals surface area (Å²) in [6.07, 6.45) is 1.57. The Morgan fingerprint density at radius 1 is 1.12 bits per heavy atom. The highest BCUT2D eigenvalue weighted by Crippen LogP contribution is 2.22. The van der Waals surface area contributed by atoms with E-state index in [1.54, 1.807) is 41.1 Å². The fraction of sp³-hybridized carbons (Fsp3) is 0.111. The number of amides is 1. The van der Waals surface area contributed by atoms with Crippen LogP contribution < -0.4 is 5.32 Å². The standard InChI is InChI=1S/C18H15FN2O3/c1-24-18(23)13-10-21(16-9-5-2-6-12(13)16)11-17(22)20-15-8-4-3-7-14(15)19/h2-10H,11H2,1H3,(H,20,22). The van der Waals surface area contributed by atoms with E-state index in [9.17, 15) is 14.0 Å². The van der Waals surface area contributed by atoms with Gasteiger partial charge in [0, 0.05) is 17.1 Å². The number of nitrogens with one attached hydrogen (secondary N) is 1. The summed E-state index contributed by atoms with van der Waals surface area (Å²) in [6.45, 7) is -0.0498. The summed E-state index contributed by atoms with van der Waals surface area (Å²) in [5.41, 5.74) is 1.22. The number of rotatable bonds is 4. The third-order valence-corrected chi connectivity index (χ3v) is 3.66. The molecule has 1 heterocycles. The monoisotopic (exact) mass is 326 g/mol. The lowest BCUT2D eigenvalue weighted by Gasteiger charge is -2.08. The molecule has 0 aliphatic carbocycles. The number of halogens is 1. The fourth-order valence-electron chi connectivity index (χ4n) is 2.56. The molecular formula is C18H15FN2O3. The summed E-state index contributed by atoms with van der Waals surface area (Å²) < 4.78 is 20.0. The number of ether oxygens (including phenoxy) is 1. The molecule has 0 saturated heterocycles. The molecule has 24 heavy (non-hydrogen) atoms. The van der Waals surface area contributed by atoms with Crippen molar-refractivity contribution in [1.29, 1.82) is 0 Å². The van der Waals surface area contributed by atoms with Gasteiger partial charge in [0.1, 0.15) is 12.4 Å². The number of hydrogen-bond donors (Lipinski definition) is 1. The summed E-state index contributed by atoms with van der Waals surface area (Å²) in [7, 11) is 1.30.